The Labute approximate surface area is 111 Å². The predicted octanol–water partition coefficient (Wildman–Crippen LogP) is -1.95. The lowest BCUT2D eigenvalue weighted by Gasteiger charge is -2.32. The zero-order valence-electron chi connectivity index (χ0n) is 11.7. The van der Waals surface area contributed by atoms with E-state index in [-0.39, 0.29) is 6.17 Å². The van der Waals surface area contributed by atoms with Gasteiger partial charge in [0.2, 0.25) is 0 Å². The van der Waals surface area contributed by atoms with E-state index in [2.05, 4.69) is 27.4 Å². The summed E-state index contributed by atoms with van der Waals surface area (Å²) in [6.07, 6.45) is 0.118. The maximum absolute atomic E-state index is 6.01. The molecule has 1 fully saturated rings. The van der Waals surface area contributed by atoms with Gasteiger partial charge in [-0.25, -0.2) is 0 Å². The van der Waals surface area contributed by atoms with Crippen molar-refractivity contribution in [2.24, 2.45) is 11.5 Å². The Balaban J connectivity index is 2.15. The molecule has 1 aliphatic heterocycles. The van der Waals surface area contributed by atoms with Crippen molar-refractivity contribution in [3.05, 3.63) is 0 Å². The molecule has 0 bridgehead atoms. The first-order chi connectivity index (χ1) is 8.74. The van der Waals surface area contributed by atoms with Crippen LogP contribution in [0.1, 0.15) is 6.92 Å². The Morgan fingerprint density at radius 3 is 2.61 bits per heavy atom. The summed E-state index contributed by atoms with van der Waals surface area (Å²) in [5, 5.41) is 6.68. The molecule has 0 aliphatic carbocycles. The van der Waals surface area contributed by atoms with E-state index < -0.39 is 0 Å². The Hall–Kier alpha value is -0.240. The Kier molecular flexibility index (Phi) is 8.49. The molecule has 0 radical (unpaired) electrons. The summed E-state index contributed by atoms with van der Waals surface area (Å²) >= 11 is 0. The molecule has 0 aromatic carbocycles. The van der Waals surface area contributed by atoms with Gasteiger partial charge in [0, 0.05) is 65.4 Å². The first-order valence-electron chi connectivity index (χ1n) is 7.07. The van der Waals surface area contributed by atoms with Crippen LogP contribution in [-0.4, -0.2) is 81.4 Å². The monoisotopic (exact) mass is 258 g/mol. The molecular weight excluding hydrogens is 228 g/mol. The summed E-state index contributed by atoms with van der Waals surface area (Å²) in [5.74, 6) is 0. The molecule has 0 amide bonds. The lowest BCUT2D eigenvalue weighted by molar-refractivity contribution is 0.161. The van der Waals surface area contributed by atoms with Crippen molar-refractivity contribution in [1.82, 2.24) is 20.4 Å². The van der Waals surface area contributed by atoms with Gasteiger partial charge in [0.05, 0.1) is 6.17 Å². The number of hydrogen-bond acceptors (Lipinski definition) is 6. The summed E-state index contributed by atoms with van der Waals surface area (Å²) < 4.78 is 0. The van der Waals surface area contributed by atoms with Gasteiger partial charge in [-0.05, 0) is 6.92 Å². The Bertz CT molecular complexity index is 193. The largest absolute Gasteiger partial charge is 0.329 e. The molecule has 6 heteroatoms. The highest BCUT2D eigenvalue weighted by atomic mass is 15.3. The van der Waals surface area contributed by atoms with Crippen molar-refractivity contribution in [2.75, 3.05) is 65.4 Å². The van der Waals surface area contributed by atoms with E-state index in [9.17, 15) is 0 Å². The SMILES string of the molecule is CC(N)N(CCNCCN)CCN1CCNCC1. The molecule has 1 atom stereocenters. The molecule has 1 heterocycles. The third kappa shape index (κ3) is 6.63. The fraction of sp³-hybridized carbons (Fsp3) is 1.00. The molecular formula is C12H30N6. The van der Waals surface area contributed by atoms with Crippen molar-refractivity contribution in [2.45, 2.75) is 13.1 Å². The second-order valence-electron chi connectivity index (χ2n) is 4.91. The number of hydrogen-bond donors (Lipinski definition) is 4. The average molecular weight is 258 g/mol. The summed E-state index contributed by atoms with van der Waals surface area (Å²) in [7, 11) is 0. The molecule has 108 valence electrons. The molecule has 18 heavy (non-hydrogen) atoms. The molecule has 6 nitrogen and oxygen atoms in total. The Morgan fingerprint density at radius 1 is 1.28 bits per heavy atom. The van der Waals surface area contributed by atoms with Crippen molar-refractivity contribution in [3.63, 3.8) is 0 Å². The van der Waals surface area contributed by atoms with E-state index in [0.717, 1.165) is 58.9 Å². The quantitative estimate of drug-likeness (QED) is 0.284. The molecule has 1 rings (SSSR count). The third-order valence-electron chi connectivity index (χ3n) is 3.39. The van der Waals surface area contributed by atoms with Crippen molar-refractivity contribution < 1.29 is 0 Å². The van der Waals surface area contributed by atoms with Crippen molar-refractivity contribution in [3.8, 4) is 0 Å². The van der Waals surface area contributed by atoms with Gasteiger partial charge in [-0.3, -0.25) is 9.80 Å². The molecule has 0 spiro atoms. The minimum atomic E-state index is 0.118. The van der Waals surface area contributed by atoms with E-state index >= 15 is 0 Å². The topological polar surface area (TPSA) is 82.6 Å². The van der Waals surface area contributed by atoms with Gasteiger partial charge in [-0.15, -0.1) is 0 Å². The second kappa shape index (κ2) is 9.66. The number of piperazine rings is 1. The van der Waals surface area contributed by atoms with Gasteiger partial charge in [0.15, 0.2) is 0 Å². The third-order valence-corrected chi connectivity index (χ3v) is 3.39. The Morgan fingerprint density at radius 2 is 2.00 bits per heavy atom. The van der Waals surface area contributed by atoms with E-state index in [1.807, 2.05) is 0 Å². The van der Waals surface area contributed by atoms with Crippen LogP contribution in [0.3, 0.4) is 0 Å². The highest BCUT2D eigenvalue weighted by Gasteiger charge is 2.13. The van der Waals surface area contributed by atoms with E-state index in [0.29, 0.717) is 6.54 Å². The smallest absolute Gasteiger partial charge is 0.0543 e. The minimum absolute atomic E-state index is 0.118. The lowest BCUT2D eigenvalue weighted by Crippen LogP contribution is -2.50. The fourth-order valence-corrected chi connectivity index (χ4v) is 2.17. The van der Waals surface area contributed by atoms with E-state index in [1.54, 1.807) is 0 Å². The molecule has 1 aliphatic rings. The second-order valence-corrected chi connectivity index (χ2v) is 4.91. The van der Waals surface area contributed by atoms with Gasteiger partial charge in [-0.2, -0.15) is 0 Å². The van der Waals surface area contributed by atoms with Crippen LogP contribution in [0.4, 0.5) is 0 Å². The van der Waals surface area contributed by atoms with Gasteiger partial charge in [-0.1, -0.05) is 0 Å². The molecule has 0 aromatic heterocycles. The number of nitrogens with zero attached hydrogens (tertiary/aromatic N) is 2. The van der Waals surface area contributed by atoms with Gasteiger partial charge in [0.1, 0.15) is 0 Å². The van der Waals surface area contributed by atoms with Crippen LogP contribution in [0, 0.1) is 0 Å². The summed E-state index contributed by atoms with van der Waals surface area (Å²) in [5.41, 5.74) is 11.5. The van der Waals surface area contributed by atoms with Crippen LogP contribution in [-0.2, 0) is 0 Å². The maximum Gasteiger partial charge on any atom is 0.0543 e. The highest BCUT2D eigenvalue weighted by Crippen LogP contribution is 1.96. The molecule has 0 aromatic rings. The predicted molar refractivity (Wildman–Crippen MR) is 76.5 cm³/mol. The fourth-order valence-electron chi connectivity index (χ4n) is 2.17. The van der Waals surface area contributed by atoms with Gasteiger partial charge >= 0.3 is 0 Å². The van der Waals surface area contributed by atoms with Crippen LogP contribution in [0.15, 0.2) is 0 Å². The van der Waals surface area contributed by atoms with E-state index in [4.69, 9.17) is 11.5 Å². The maximum atomic E-state index is 6.01. The summed E-state index contributed by atoms with van der Waals surface area (Å²) in [6.45, 7) is 12.2. The first kappa shape index (κ1) is 15.8. The van der Waals surface area contributed by atoms with Crippen molar-refractivity contribution in [1.29, 1.82) is 0 Å². The van der Waals surface area contributed by atoms with Crippen LogP contribution in [0.2, 0.25) is 0 Å². The van der Waals surface area contributed by atoms with Crippen LogP contribution in [0.25, 0.3) is 0 Å². The van der Waals surface area contributed by atoms with Gasteiger partial charge < -0.3 is 22.1 Å². The number of nitrogens with one attached hydrogen (secondary N) is 2. The summed E-state index contributed by atoms with van der Waals surface area (Å²) in [4.78, 5) is 4.82. The number of nitrogens with two attached hydrogens (primary N) is 2. The van der Waals surface area contributed by atoms with Crippen molar-refractivity contribution >= 4 is 0 Å². The van der Waals surface area contributed by atoms with E-state index in [1.165, 1.54) is 0 Å². The zero-order valence-corrected chi connectivity index (χ0v) is 11.7. The molecule has 1 unspecified atom stereocenters. The molecule has 0 saturated carbocycles. The van der Waals surface area contributed by atoms with Crippen LogP contribution >= 0.6 is 0 Å². The normalized spacial score (nSPS) is 19.3. The zero-order chi connectivity index (χ0) is 13.2. The minimum Gasteiger partial charge on any atom is -0.329 e. The average Bonchev–Trinajstić information content (AvgIpc) is 2.38. The lowest BCUT2D eigenvalue weighted by atomic mass is 10.3. The summed E-state index contributed by atoms with van der Waals surface area (Å²) in [6, 6.07) is 0. The molecule has 6 N–H and O–H groups in total. The highest BCUT2D eigenvalue weighted by molar-refractivity contribution is 4.71. The number of rotatable bonds is 9. The molecule has 1 saturated heterocycles. The first-order valence-corrected chi connectivity index (χ1v) is 7.07. The van der Waals surface area contributed by atoms with Crippen LogP contribution < -0.4 is 22.1 Å². The van der Waals surface area contributed by atoms with Crippen LogP contribution in [0.5, 0.6) is 0 Å². The standard InChI is InChI=1S/C12H30N6/c1-12(14)18(9-6-15-3-2-13)11-10-17-7-4-16-5-8-17/h12,15-16H,2-11,13-14H2,1H3. The van der Waals surface area contributed by atoms with Gasteiger partial charge in [0.25, 0.3) is 0 Å².